The van der Waals surface area contributed by atoms with Gasteiger partial charge in [-0.05, 0) is 0 Å². The maximum absolute atomic E-state index is 10.3. The van der Waals surface area contributed by atoms with E-state index in [-0.39, 0.29) is 11.5 Å². The fraction of sp³-hybridized carbons (Fsp3) is 0.700. The molecule has 0 fully saturated rings. The van der Waals surface area contributed by atoms with Crippen molar-refractivity contribution >= 4 is 43.2 Å². The molecule has 0 aromatic carbocycles. The van der Waals surface area contributed by atoms with Crippen molar-refractivity contribution in [2.75, 3.05) is 11.5 Å². The summed E-state index contributed by atoms with van der Waals surface area (Å²) in [5.74, 6) is -4.46. The lowest BCUT2D eigenvalue weighted by molar-refractivity contribution is -0.170. The lowest BCUT2D eigenvalue weighted by atomic mass is 9.96. The molecule has 0 radical (unpaired) electrons. The summed E-state index contributed by atoms with van der Waals surface area (Å²) < 4.78 is 0. The molecule has 0 saturated heterocycles. The van der Waals surface area contributed by atoms with Crippen LogP contribution >= 0.6 is 25.3 Å². The Morgan fingerprint density at radius 1 is 0.857 bits per heavy atom. The minimum atomic E-state index is -2.74. The Hall–Kier alpha value is -1.01. The molecule has 0 unspecified atom stereocenters. The average Bonchev–Trinajstić information content (AvgIpc) is 2.35. The highest BCUT2D eigenvalue weighted by Gasteiger charge is 2.40. The summed E-state index contributed by atoms with van der Waals surface area (Å²) in [4.78, 5) is 30.5. The molecule has 124 valence electrons. The van der Waals surface area contributed by atoms with Crippen molar-refractivity contribution in [2.24, 2.45) is 0 Å². The monoisotopic (exact) mass is 346 g/mol. The highest BCUT2D eigenvalue weighted by atomic mass is 32.1. The van der Waals surface area contributed by atoms with Gasteiger partial charge in [0.1, 0.15) is 0 Å². The van der Waals surface area contributed by atoms with Crippen LogP contribution in [0.3, 0.4) is 0 Å². The molecule has 0 aromatic rings. The molecule has 11 heteroatoms. The van der Waals surface area contributed by atoms with E-state index >= 15 is 0 Å². The van der Waals surface area contributed by atoms with Crippen molar-refractivity contribution in [1.29, 1.82) is 0 Å². The number of aliphatic hydroxyl groups excluding tert-OH is 2. The van der Waals surface area contributed by atoms with Crippen molar-refractivity contribution < 1.29 is 45.0 Å². The van der Waals surface area contributed by atoms with E-state index in [4.69, 9.17) is 30.6 Å². The molecule has 0 aliphatic heterocycles. The van der Waals surface area contributed by atoms with Gasteiger partial charge in [0, 0.05) is 11.5 Å². The van der Waals surface area contributed by atoms with Gasteiger partial charge >= 0.3 is 17.9 Å². The molecule has 21 heavy (non-hydrogen) atoms. The van der Waals surface area contributed by atoms with Crippen molar-refractivity contribution in [1.82, 2.24) is 0 Å². The van der Waals surface area contributed by atoms with E-state index in [2.05, 4.69) is 25.3 Å². The summed E-state index contributed by atoms with van der Waals surface area (Å²) >= 11 is 7.53. The molecule has 9 nitrogen and oxygen atoms in total. The van der Waals surface area contributed by atoms with Gasteiger partial charge in [0.15, 0.2) is 5.60 Å². The van der Waals surface area contributed by atoms with Crippen LogP contribution in [0.5, 0.6) is 0 Å². The number of carboxylic acid groups (broad SMARTS) is 3. The highest BCUT2D eigenvalue weighted by Crippen LogP contribution is 2.15. The molecule has 0 amide bonds. The van der Waals surface area contributed by atoms with E-state index in [1.807, 2.05) is 0 Å². The first kappa shape index (κ1) is 22.3. The molecule has 0 rings (SSSR count). The lowest BCUT2D eigenvalue weighted by Gasteiger charge is -2.18. The zero-order chi connectivity index (χ0) is 17.2. The number of aliphatic carboxylic acids is 3. The molecular weight excluding hydrogens is 328 g/mol. The molecule has 0 bridgehead atoms. The number of rotatable bonds is 8. The standard InChI is InChI=1S/C6H8O7.C4H10O2S2/c7-3(8)1-6(13,5(11)12)2-4(9)10;5-3(1-7)4(6)2-8/h13H,1-2H2,(H,7,8)(H,9,10)(H,11,12);3-8H,1-2H2/t;3-,4-/m.1/s1. The van der Waals surface area contributed by atoms with Crippen molar-refractivity contribution in [2.45, 2.75) is 30.7 Å². The maximum atomic E-state index is 10.3. The van der Waals surface area contributed by atoms with Crippen molar-refractivity contribution in [3.63, 3.8) is 0 Å². The normalized spacial score (nSPS) is 13.6. The number of hydrogen-bond acceptors (Lipinski definition) is 8. The van der Waals surface area contributed by atoms with E-state index in [0.29, 0.717) is 0 Å². The summed E-state index contributed by atoms with van der Waals surface area (Å²) in [7, 11) is 0. The van der Waals surface area contributed by atoms with Crippen LogP contribution in [0.4, 0.5) is 0 Å². The van der Waals surface area contributed by atoms with Gasteiger partial charge in [0.25, 0.3) is 0 Å². The number of thiol groups is 2. The van der Waals surface area contributed by atoms with Gasteiger partial charge < -0.3 is 30.6 Å². The lowest BCUT2D eigenvalue weighted by Crippen LogP contribution is -2.42. The van der Waals surface area contributed by atoms with Crippen LogP contribution in [0.25, 0.3) is 0 Å². The summed E-state index contributed by atoms with van der Waals surface area (Å²) in [6.45, 7) is 0. The average molecular weight is 346 g/mol. The van der Waals surface area contributed by atoms with Gasteiger partial charge in [-0.2, -0.15) is 25.3 Å². The van der Waals surface area contributed by atoms with Crippen molar-refractivity contribution in [3.8, 4) is 0 Å². The molecule has 0 spiro atoms. The molecular formula is C10H18O9S2. The first-order valence-electron chi connectivity index (χ1n) is 5.47. The predicted octanol–water partition coefficient (Wildman–Crippen LogP) is -1.68. The molecule has 0 saturated carbocycles. The van der Waals surface area contributed by atoms with Crippen LogP contribution in [-0.4, -0.2) is 77.9 Å². The van der Waals surface area contributed by atoms with Gasteiger partial charge in [-0.3, -0.25) is 9.59 Å². The van der Waals surface area contributed by atoms with Gasteiger partial charge in [-0.15, -0.1) is 0 Å². The van der Waals surface area contributed by atoms with E-state index in [1.54, 1.807) is 0 Å². The van der Waals surface area contributed by atoms with Gasteiger partial charge in [0.2, 0.25) is 0 Å². The van der Waals surface area contributed by atoms with Gasteiger partial charge in [0.05, 0.1) is 25.0 Å². The minimum absolute atomic E-state index is 0.279. The smallest absolute Gasteiger partial charge is 0.336 e. The molecule has 0 aliphatic carbocycles. The third kappa shape index (κ3) is 10.4. The number of carbonyl (C=O) groups is 3. The Kier molecular flexibility index (Phi) is 11.3. The Balaban J connectivity index is 0. The van der Waals surface area contributed by atoms with E-state index < -0.39 is 48.6 Å². The maximum Gasteiger partial charge on any atom is 0.336 e. The second-order valence-electron chi connectivity index (χ2n) is 3.98. The fourth-order valence-corrected chi connectivity index (χ4v) is 1.44. The summed E-state index contributed by atoms with van der Waals surface area (Å²) in [6, 6.07) is 0. The Bertz CT molecular complexity index is 336. The van der Waals surface area contributed by atoms with Gasteiger partial charge in [-0.25, -0.2) is 4.79 Å². The van der Waals surface area contributed by atoms with Crippen LogP contribution in [0, 0.1) is 0 Å². The summed E-state index contributed by atoms with van der Waals surface area (Å²) in [5, 5.41) is 51.3. The van der Waals surface area contributed by atoms with Crippen LogP contribution in [0.15, 0.2) is 0 Å². The molecule has 2 atom stereocenters. The number of hydrogen-bond donors (Lipinski definition) is 8. The zero-order valence-corrected chi connectivity index (χ0v) is 12.6. The second kappa shape index (κ2) is 10.7. The third-order valence-corrected chi connectivity index (χ3v) is 2.85. The van der Waals surface area contributed by atoms with Gasteiger partial charge in [-0.1, -0.05) is 0 Å². The van der Waals surface area contributed by atoms with E-state index in [0.717, 1.165) is 0 Å². The van der Waals surface area contributed by atoms with E-state index in [9.17, 15) is 14.4 Å². The van der Waals surface area contributed by atoms with Crippen LogP contribution in [-0.2, 0) is 14.4 Å². The van der Waals surface area contributed by atoms with Crippen LogP contribution in [0.1, 0.15) is 12.8 Å². The van der Waals surface area contributed by atoms with Crippen LogP contribution in [0.2, 0.25) is 0 Å². The fourth-order valence-electron chi connectivity index (χ4n) is 0.957. The van der Waals surface area contributed by atoms with E-state index in [1.165, 1.54) is 0 Å². The third-order valence-electron chi connectivity index (χ3n) is 2.10. The Morgan fingerprint density at radius 2 is 1.14 bits per heavy atom. The largest absolute Gasteiger partial charge is 0.481 e. The second-order valence-corrected chi connectivity index (χ2v) is 4.71. The molecule has 6 N–H and O–H groups in total. The molecule has 0 aromatic heterocycles. The zero-order valence-electron chi connectivity index (χ0n) is 10.8. The highest BCUT2D eigenvalue weighted by molar-refractivity contribution is 7.80. The number of carboxylic acids is 3. The SMILES string of the molecule is O=C(O)CC(O)(CC(=O)O)C(=O)O.O[C@H](CS)[C@H](O)CS. The summed E-state index contributed by atoms with van der Waals surface area (Å²) in [6.07, 6.45) is -3.77. The Labute approximate surface area is 131 Å². The van der Waals surface area contributed by atoms with Crippen LogP contribution < -0.4 is 0 Å². The Morgan fingerprint density at radius 3 is 1.29 bits per heavy atom. The quantitative estimate of drug-likeness (QED) is 0.239. The van der Waals surface area contributed by atoms with Crippen molar-refractivity contribution in [3.05, 3.63) is 0 Å². The summed E-state index contributed by atoms with van der Waals surface area (Å²) in [5.41, 5.74) is -2.74. The number of aliphatic hydroxyl groups is 3. The first-order chi connectivity index (χ1) is 9.50. The predicted molar refractivity (Wildman–Crippen MR) is 76.8 cm³/mol. The first-order valence-corrected chi connectivity index (χ1v) is 6.73. The molecule has 0 heterocycles. The molecule has 0 aliphatic rings. The topological polar surface area (TPSA) is 173 Å². The minimum Gasteiger partial charge on any atom is -0.481 e.